The average Bonchev–Trinajstić information content (AvgIpc) is 2.32. The number of aromatic nitrogens is 1. The largest absolute Gasteiger partial charge is 0.367 e. The Kier molecular flexibility index (Phi) is 3.37. The Labute approximate surface area is 95.5 Å². The number of nitriles is 1. The zero-order valence-electron chi connectivity index (χ0n) is 9.19. The topological polar surface area (TPSA) is 74.7 Å². The van der Waals surface area contributed by atoms with E-state index in [-0.39, 0.29) is 0 Å². The second kappa shape index (κ2) is 4.95. The molecule has 1 fully saturated rings. The van der Waals surface area contributed by atoms with E-state index in [1.165, 1.54) is 0 Å². The molecule has 1 aliphatic carbocycles. The van der Waals surface area contributed by atoms with Gasteiger partial charge in [0.25, 0.3) is 0 Å². The number of nitrogens with two attached hydrogens (primary N) is 1. The predicted molar refractivity (Wildman–Crippen MR) is 62.8 cm³/mol. The molecule has 2 rings (SSSR count). The highest BCUT2D eigenvalue weighted by molar-refractivity contribution is 5.43. The predicted octanol–water partition coefficient (Wildman–Crippen LogP) is 1.64. The maximum absolute atomic E-state index is 8.78. The van der Waals surface area contributed by atoms with Crippen molar-refractivity contribution in [3.8, 4) is 6.07 Å². The molecule has 3 N–H and O–H groups in total. The molecule has 0 bridgehead atoms. The summed E-state index contributed by atoms with van der Waals surface area (Å²) in [5.74, 6) is 0.791. The Morgan fingerprint density at radius 3 is 2.81 bits per heavy atom. The summed E-state index contributed by atoms with van der Waals surface area (Å²) in [6, 6.07) is 6.41. The van der Waals surface area contributed by atoms with Crippen LogP contribution in [-0.2, 0) is 0 Å². The quantitative estimate of drug-likeness (QED) is 0.788. The van der Waals surface area contributed by atoms with Crippen molar-refractivity contribution in [3.05, 3.63) is 23.9 Å². The maximum atomic E-state index is 8.78. The maximum Gasteiger partial charge on any atom is 0.127 e. The van der Waals surface area contributed by atoms with Crippen molar-refractivity contribution < 1.29 is 0 Å². The first kappa shape index (κ1) is 10.9. The van der Waals surface area contributed by atoms with E-state index in [2.05, 4.69) is 16.4 Å². The molecule has 0 spiro atoms. The summed E-state index contributed by atoms with van der Waals surface area (Å²) in [5.41, 5.74) is 6.49. The standard InChI is InChI=1S/C12H16N4/c13-8-9-5-6-15-12(7-9)16-11-3-1-10(14)2-4-11/h5-7,10-11H,1-4,14H2,(H,15,16)/t10-,11-. The highest BCUT2D eigenvalue weighted by Gasteiger charge is 2.18. The molecule has 16 heavy (non-hydrogen) atoms. The SMILES string of the molecule is N#Cc1ccnc(N[C@H]2CC[C@H](N)CC2)c1. The third-order valence-corrected chi connectivity index (χ3v) is 3.01. The van der Waals surface area contributed by atoms with Crippen molar-refractivity contribution in [1.82, 2.24) is 4.98 Å². The second-order valence-electron chi connectivity index (χ2n) is 4.30. The fraction of sp³-hybridized carbons (Fsp3) is 0.500. The molecule has 0 unspecified atom stereocenters. The van der Waals surface area contributed by atoms with Crippen molar-refractivity contribution >= 4 is 5.82 Å². The molecule has 0 aliphatic heterocycles. The summed E-state index contributed by atoms with van der Waals surface area (Å²) < 4.78 is 0. The van der Waals surface area contributed by atoms with Crippen molar-refractivity contribution in [1.29, 1.82) is 5.26 Å². The van der Waals surface area contributed by atoms with E-state index in [9.17, 15) is 0 Å². The van der Waals surface area contributed by atoms with Crippen LogP contribution in [0.1, 0.15) is 31.2 Å². The van der Waals surface area contributed by atoms with E-state index >= 15 is 0 Å². The van der Waals surface area contributed by atoms with Gasteiger partial charge < -0.3 is 11.1 Å². The van der Waals surface area contributed by atoms with Gasteiger partial charge in [-0.2, -0.15) is 5.26 Å². The summed E-state index contributed by atoms with van der Waals surface area (Å²) in [4.78, 5) is 4.21. The van der Waals surface area contributed by atoms with E-state index in [4.69, 9.17) is 11.0 Å². The van der Waals surface area contributed by atoms with Crippen molar-refractivity contribution in [2.45, 2.75) is 37.8 Å². The minimum Gasteiger partial charge on any atom is -0.367 e. The number of pyridine rings is 1. The molecule has 0 atom stereocenters. The van der Waals surface area contributed by atoms with Crippen LogP contribution >= 0.6 is 0 Å². The molecule has 4 heteroatoms. The van der Waals surface area contributed by atoms with Gasteiger partial charge in [0.2, 0.25) is 0 Å². The molecule has 84 valence electrons. The molecule has 4 nitrogen and oxygen atoms in total. The number of hydrogen-bond acceptors (Lipinski definition) is 4. The average molecular weight is 216 g/mol. The first-order chi connectivity index (χ1) is 7.78. The summed E-state index contributed by atoms with van der Waals surface area (Å²) in [6.45, 7) is 0. The molecule has 0 amide bonds. The van der Waals surface area contributed by atoms with Crippen LogP contribution in [0.15, 0.2) is 18.3 Å². The van der Waals surface area contributed by atoms with E-state index in [0.717, 1.165) is 31.5 Å². The number of nitrogens with one attached hydrogen (secondary N) is 1. The minimum atomic E-state index is 0.358. The number of anilines is 1. The molecule has 1 aromatic rings. The first-order valence-corrected chi connectivity index (χ1v) is 5.66. The van der Waals surface area contributed by atoms with Gasteiger partial charge in [0.05, 0.1) is 11.6 Å². The van der Waals surface area contributed by atoms with Crippen molar-refractivity contribution in [2.75, 3.05) is 5.32 Å². The van der Waals surface area contributed by atoms with Gasteiger partial charge in [-0.3, -0.25) is 0 Å². The fourth-order valence-corrected chi connectivity index (χ4v) is 2.05. The van der Waals surface area contributed by atoms with Crippen LogP contribution in [0, 0.1) is 11.3 Å². The van der Waals surface area contributed by atoms with Crippen LogP contribution in [0.3, 0.4) is 0 Å². The van der Waals surface area contributed by atoms with Crippen LogP contribution in [-0.4, -0.2) is 17.1 Å². The van der Waals surface area contributed by atoms with Crippen molar-refractivity contribution in [3.63, 3.8) is 0 Å². The summed E-state index contributed by atoms with van der Waals surface area (Å²) >= 11 is 0. The van der Waals surface area contributed by atoms with E-state index in [0.29, 0.717) is 17.6 Å². The van der Waals surface area contributed by atoms with E-state index in [1.54, 1.807) is 18.3 Å². The van der Waals surface area contributed by atoms with E-state index in [1.807, 2.05) is 0 Å². The summed E-state index contributed by atoms with van der Waals surface area (Å²) in [7, 11) is 0. The fourth-order valence-electron chi connectivity index (χ4n) is 2.05. The van der Waals surface area contributed by atoms with E-state index < -0.39 is 0 Å². The Balaban J connectivity index is 1.96. The zero-order chi connectivity index (χ0) is 11.4. The highest BCUT2D eigenvalue weighted by atomic mass is 15.0. The lowest BCUT2D eigenvalue weighted by atomic mass is 9.92. The van der Waals surface area contributed by atoms with Crippen LogP contribution in [0.5, 0.6) is 0 Å². The Morgan fingerprint density at radius 2 is 2.12 bits per heavy atom. The van der Waals surface area contributed by atoms with Gasteiger partial charge in [0.15, 0.2) is 0 Å². The van der Waals surface area contributed by atoms with Gasteiger partial charge in [0, 0.05) is 18.3 Å². The van der Waals surface area contributed by atoms with Crippen LogP contribution < -0.4 is 11.1 Å². The highest BCUT2D eigenvalue weighted by Crippen LogP contribution is 2.20. The lowest BCUT2D eigenvalue weighted by Gasteiger charge is -2.27. The third-order valence-electron chi connectivity index (χ3n) is 3.01. The van der Waals surface area contributed by atoms with Crippen LogP contribution in [0.25, 0.3) is 0 Å². The normalized spacial score (nSPS) is 24.8. The van der Waals surface area contributed by atoms with Gasteiger partial charge in [-0.25, -0.2) is 4.98 Å². The minimum absolute atomic E-state index is 0.358. The smallest absolute Gasteiger partial charge is 0.127 e. The Bertz CT molecular complexity index is 388. The summed E-state index contributed by atoms with van der Waals surface area (Å²) in [6.07, 6.45) is 5.96. The lowest BCUT2D eigenvalue weighted by molar-refractivity contribution is 0.410. The molecule has 0 aromatic carbocycles. The lowest BCUT2D eigenvalue weighted by Crippen LogP contribution is -2.33. The monoisotopic (exact) mass is 216 g/mol. The number of nitrogens with zero attached hydrogens (tertiary/aromatic N) is 2. The molecular formula is C12H16N4. The molecule has 0 saturated heterocycles. The number of hydrogen-bond donors (Lipinski definition) is 2. The zero-order valence-corrected chi connectivity index (χ0v) is 9.19. The molecule has 1 aromatic heterocycles. The van der Waals surface area contributed by atoms with Gasteiger partial charge in [-0.1, -0.05) is 0 Å². The van der Waals surface area contributed by atoms with Gasteiger partial charge in [-0.15, -0.1) is 0 Å². The van der Waals surface area contributed by atoms with Crippen LogP contribution in [0.2, 0.25) is 0 Å². The Morgan fingerprint density at radius 1 is 1.38 bits per heavy atom. The van der Waals surface area contributed by atoms with Gasteiger partial charge >= 0.3 is 0 Å². The van der Waals surface area contributed by atoms with Gasteiger partial charge in [0.1, 0.15) is 5.82 Å². The summed E-state index contributed by atoms with van der Waals surface area (Å²) in [5, 5.41) is 12.1. The first-order valence-electron chi connectivity index (χ1n) is 5.66. The molecular weight excluding hydrogens is 200 g/mol. The van der Waals surface area contributed by atoms with Crippen molar-refractivity contribution in [2.24, 2.45) is 5.73 Å². The molecule has 1 saturated carbocycles. The molecule has 1 aliphatic rings. The Hall–Kier alpha value is -1.60. The van der Waals surface area contributed by atoms with Crippen LogP contribution in [0.4, 0.5) is 5.82 Å². The molecule has 0 radical (unpaired) electrons. The second-order valence-corrected chi connectivity index (χ2v) is 4.30. The molecule has 1 heterocycles. The third kappa shape index (κ3) is 2.71. The number of rotatable bonds is 2. The van der Waals surface area contributed by atoms with Gasteiger partial charge in [-0.05, 0) is 37.8 Å².